The third-order valence-electron chi connectivity index (χ3n) is 4.21. The lowest BCUT2D eigenvalue weighted by Crippen LogP contribution is -2.36. The Balaban J connectivity index is 1.49. The first-order valence-electron chi connectivity index (χ1n) is 9.16. The maximum Gasteiger partial charge on any atom is 0.319 e. The maximum absolute atomic E-state index is 12.2. The fourth-order valence-corrected chi connectivity index (χ4v) is 2.77. The molecule has 2 aromatic carbocycles. The van der Waals surface area contributed by atoms with Gasteiger partial charge in [-0.25, -0.2) is 4.79 Å². The van der Waals surface area contributed by atoms with Crippen molar-refractivity contribution in [1.29, 1.82) is 0 Å². The average Bonchev–Trinajstić information content (AvgIpc) is 3.22. The van der Waals surface area contributed by atoms with Gasteiger partial charge in [-0.05, 0) is 55.7 Å². The lowest BCUT2D eigenvalue weighted by molar-refractivity contribution is 0.0996. The Morgan fingerprint density at radius 2 is 1.68 bits per heavy atom. The smallest absolute Gasteiger partial charge is 0.319 e. The molecule has 0 aliphatic heterocycles. The molecular formula is C22H23N3O3. The molecule has 6 heteroatoms. The Morgan fingerprint density at radius 3 is 2.39 bits per heavy atom. The van der Waals surface area contributed by atoms with Crippen molar-refractivity contribution in [2.45, 2.75) is 25.8 Å². The van der Waals surface area contributed by atoms with Gasteiger partial charge in [0.25, 0.3) is 5.91 Å². The van der Waals surface area contributed by atoms with Gasteiger partial charge in [0.2, 0.25) is 0 Å². The lowest BCUT2D eigenvalue weighted by atomic mass is 10.1. The van der Waals surface area contributed by atoms with Gasteiger partial charge < -0.3 is 20.4 Å². The minimum Gasteiger partial charge on any atom is -0.459 e. The highest BCUT2D eigenvalue weighted by molar-refractivity contribution is 6.02. The summed E-state index contributed by atoms with van der Waals surface area (Å²) in [5.74, 6) is -0.121. The number of rotatable bonds is 7. The van der Waals surface area contributed by atoms with Crippen LogP contribution in [0.5, 0.6) is 0 Å². The predicted molar refractivity (Wildman–Crippen MR) is 109 cm³/mol. The second-order valence-electron chi connectivity index (χ2n) is 6.54. The monoisotopic (exact) mass is 377 g/mol. The Hall–Kier alpha value is -3.54. The number of urea groups is 1. The van der Waals surface area contributed by atoms with Crippen LogP contribution in [0.25, 0.3) is 0 Å². The summed E-state index contributed by atoms with van der Waals surface area (Å²) in [5.41, 5.74) is 2.40. The number of anilines is 2. The quantitative estimate of drug-likeness (QED) is 0.559. The van der Waals surface area contributed by atoms with E-state index in [1.54, 1.807) is 36.4 Å². The van der Waals surface area contributed by atoms with E-state index < -0.39 is 0 Å². The molecular weight excluding hydrogens is 354 g/mol. The van der Waals surface area contributed by atoms with Gasteiger partial charge in [0.1, 0.15) is 0 Å². The zero-order valence-electron chi connectivity index (χ0n) is 15.6. The highest BCUT2D eigenvalue weighted by Gasteiger charge is 2.10. The number of aryl methyl sites for hydroxylation is 1. The molecule has 144 valence electrons. The first-order chi connectivity index (χ1) is 13.6. The Bertz CT molecular complexity index is 908. The van der Waals surface area contributed by atoms with Crippen molar-refractivity contribution in [3.8, 4) is 0 Å². The molecule has 0 spiro atoms. The molecule has 1 heterocycles. The highest BCUT2D eigenvalue weighted by atomic mass is 16.3. The molecule has 0 saturated carbocycles. The van der Waals surface area contributed by atoms with E-state index in [1.807, 2.05) is 25.1 Å². The first kappa shape index (κ1) is 19.2. The number of hydrogen-bond donors (Lipinski definition) is 3. The van der Waals surface area contributed by atoms with Gasteiger partial charge in [0.15, 0.2) is 5.76 Å². The number of hydrogen-bond acceptors (Lipinski definition) is 3. The largest absolute Gasteiger partial charge is 0.459 e. The molecule has 0 saturated heterocycles. The SMILES string of the molecule is C[C@@H](CCc1ccccc1)NC(=O)Nc1cccc(NC(=O)c2ccco2)c1. The highest BCUT2D eigenvalue weighted by Crippen LogP contribution is 2.16. The molecule has 3 aromatic rings. The maximum atomic E-state index is 12.2. The van der Waals surface area contributed by atoms with Gasteiger partial charge in [-0.1, -0.05) is 36.4 Å². The van der Waals surface area contributed by atoms with Crippen LogP contribution in [-0.2, 0) is 6.42 Å². The fraction of sp³-hybridized carbons (Fsp3) is 0.182. The van der Waals surface area contributed by atoms with Crippen molar-refractivity contribution in [3.63, 3.8) is 0 Å². The van der Waals surface area contributed by atoms with Gasteiger partial charge in [-0.15, -0.1) is 0 Å². The van der Waals surface area contributed by atoms with E-state index in [4.69, 9.17) is 4.42 Å². The summed E-state index contributed by atoms with van der Waals surface area (Å²) in [5, 5.41) is 8.46. The molecule has 0 fully saturated rings. The van der Waals surface area contributed by atoms with E-state index in [2.05, 4.69) is 28.1 Å². The summed E-state index contributed by atoms with van der Waals surface area (Å²) in [6.07, 6.45) is 3.18. The van der Waals surface area contributed by atoms with Crippen molar-refractivity contribution in [2.75, 3.05) is 10.6 Å². The summed E-state index contributed by atoms with van der Waals surface area (Å²) in [6.45, 7) is 1.97. The molecule has 1 aromatic heterocycles. The number of nitrogens with one attached hydrogen (secondary N) is 3. The second-order valence-corrected chi connectivity index (χ2v) is 6.54. The van der Waals surface area contributed by atoms with Crippen LogP contribution < -0.4 is 16.0 Å². The van der Waals surface area contributed by atoms with Crippen LogP contribution in [0, 0.1) is 0 Å². The van der Waals surface area contributed by atoms with Gasteiger partial charge in [-0.3, -0.25) is 4.79 Å². The van der Waals surface area contributed by atoms with Gasteiger partial charge in [-0.2, -0.15) is 0 Å². The summed E-state index contributed by atoms with van der Waals surface area (Å²) in [7, 11) is 0. The van der Waals surface area contributed by atoms with Crippen molar-refractivity contribution in [3.05, 3.63) is 84.3 Å². The van der Waals surface area contributed by atoms with Crippen molar-refractivity contribution in [1.82, 2.24) is 5.32 Å². The molecule has 3 N–H and O–H groups in total. The Kier molecular flexibility index (Phi) is 6.46. The number of benzene rings is 2. The molecule has 0 radical (unpaired) electrons. The van der Waals surface area contributed by atoms with Crippen LogP contribution in [0.3, 0.4) is 0 Å². The van der Waals surface area contributed by atoms with Crippen LogP contribution in [0.4, 0.5) is 16.2 Å². The first-order valence-corrected chi connectivity index (χ1v) is 9.16. The average molecular weight is 377 g/mol. The zero-order chi connectivity index (χ0) is 19.8. The Labute approximate surface area is 164 Å². The van der Waals surface area contributed by atoms with E-state index in [1.165, 1.54) is 11.8 Å². The number of carbonyl (C=O) groups is 2. The van der Waals surface area contributed by atoms with Crippen molar-refractivity contribution in [2.24, 2.45) is 0 Å². The lowest BCUT2D eigenvalue weighted by Gasteiger charge is -2.15. The van der Waals surface area contributed by atoms with E-state index in [0.717, 1.165) is 12.8 Å². The molecule has 0 unspecified atom stereocenters. The Morgan fingerprint density at radius 1 is 0.929 bits per heavy atom. The normalized spacial score (nSPS) is 11.5. The standard InChI is InChI=1S/C22H23N3O3/c1-16(12-13-17-7-3-2-4-8-17)23-22(27)25-19-10-5-9-18(15-19)24-21(26)20-11-6-14-28-20/h2-11,14-16H,12-13H2,1H3,(H,24,26)(H2,23,25,27)/t16-/m0/s1. The molecule has 3 amide bonds. The van der Waals surface area contributed by atoms with Crippen molar-refractivity contribution >= 4 is 23.3 Å². The molecule has 0 aliphatic carbocycles. The van der Waals surface area contributed by atoms with E-state index >= 15 is 0 Å². The van der Waals surface area contributed by atoms with Crippen LogP contribution in [0.1, 0.15) is 29.5 Å². The molecule has 0 bridgehead atoms. The van der Waals surface area contributed by atoms with Crippen LogP contribution in [0.15, 0.2) is 77.4 Å². The van der Waals surface area contributed by atoms with Crippen LogP contribution >= 0.6 is 0 Å². The summed E-state index contributed by atoms with van der Waals surface area (Å²) >= 11 is 0. The summed E-state index contributed by atoms with van der Waals surface area (Å²) < 4.78 is 5.07. The third-order valence-corrected chi connectivity index (χ3v) is 4.21. The van der Waals surface area contributed by atoms with Gasteiger partial charge in [0, 0.05) is 17.4 Å². The molecule has 0 aliphatic rings. The van der Waals surface area contributed by atoms with E-state index in [9.17, 15) is 9.59 Å². The summed E-state index contributed by atoms with van der Waals surface area (Å²) in [6, 6.07) is 20.1. The third kappa shape index (κ3) is 5.74. The van der Waals surface area contributed by atoms with E-state index in [-0.39, 0.29) is 23.7 Å². The fourth-order valence-electron chi connectivity index (χ4n) is 2.77. The minimum absolute atomic E-state index is 0.0297. The van der Waals surface area contributed by atoms with Gasteiger partial charge >= 0.3 is 6.03 Å². The van der Waals surface area contributed by atoms with Crippen LogP contribution in [-0.4, -0.2) is 18.0 Å². The molecule has 3 rings (SSSR count). The number of furan rings is 1. The molecule has 1 atom stereocenters. The summed E-state index contributed by atoms with van der Waals surface area (Å²) in [4.78, 5) is 24.3. The topological polar surface area (TPSA) is 83.4 Å². The molecule has 6 nitrogen and oxygen atoms in total. The van der Waals surface area contributed by atoms with Gasteiger partial charge in [0.05, 0.1) is 6.26 Å². The molecule has 28 heavy (non-hydrogen) atoms. The number of amides is 3. The zero-order valence-corrected chi connectivity index (χ0v) is 15.6. The van der Waals surface area contributed by atoms with Crippen LogP contribution in [0.2, 0.25) is 0 Å². The minimum atomic E-state index is -0.346. The number of carbonyl (C=O) groups excluding carboxylic acids is 2. The predicted octanol–water partition coefficient (Wildman–Crippen LogP) is 4.67. The van der Waals surface area contributed by atoms with E-state index in [0.29, 0.717) is 11.4 Å². The van der Waals surface area contributed by atoms with Crippen molar-refractivity contribution < 1.29 is 14.0 Å². The second kappa shape index (κ2) is 9.41.